The van der Waals surface area contributed by atoms with Crippen LogP contribution in [0.15, 0.2) is 42.5 Å². The van der Waals surface area contributed by atoms with Gasteiger partial charge >= 0.3 is 0 Å². The van der Waals surface area contributed by atoms with Crippen molar-refractivity contribution in [2.45, 2.75) is 13.8 Å². The Labute approximate surface area is 110 Å². The predicted octanol–water partition coefficient (Wildman–Crippen LogP) is 3.44. The minimum Gasteiger partial charge on any atom is -0.288 e. The van der Waals surface area contributed by atoms with Crippen molar-refractivity contribution in [3.05, 3.63) is 74.8 Å². The van der Waals surface area contributed by atoms with Gasteiger partial charge < -0.3 is 0 Å². The molecule has 0 amide bonds. The first kappa shape index (κ1) is 13.0. The Balaban J connectivity index is 2.59. The van der Waals surface area contributed by atoms with Crippen molar-refractivity contribution < 1.29 is 9.72 Å². The predicted molar refractivity (Wildman–Crippen MR) is 72.4 cm³/mol. The summed E-state index contributed by atoms with van der Waals surface area (Å²) < 4.78 is 0. The van der Waals surface area contributed by atoms with Crippen molar-refractivity contribution in [2.75, 3.05) is 0 Å². The Hall–Kier alpha value is -2.49. The van der Waals surface area contributed by atoms with Gasteiger partial charge in [-0.15, -0.1) is 0 Å². The first-order chi connectivity index (χ1) is 9.00. The van der Waals surface area contributed by atoms with E-state index in [9.17, 15) is 14.9 Å². The molecular formula is C15H13NO3. The molecule has 2 aromatic rings. The number of hydrogen-bond donors (Lipinski definition) is 0. The van der Waals surface area contributed by atoms with Crippen molar-refractivity contribution in [2.24, 2.45) is 0 Å². The molecule has 0 saturated carbocycles. The highest BCUT2D eigenvalue weighted by atomic mass is 16.6. The van der Waals surface area contributed by atoms with Gasteiger partial charge in [-0.3, -0.25) is 14.9 Å². The molecule has 4 nitrogen and oxygen atoms in total. The zero-order chi connectivity index (χ0) is 14.0. The average molecular weight is 255 g/mol. The number of nitro groups is 1. The number of carbonyl (C=O) groups excluding carboxylic acids is 1. The second kappa shape index (κ2) is 5.02. The molecular weight excluding hydrogens is 242 g/mol. The summed E-state index contributed by atoms with van der Waals surface area (Å²) in [5.74, 6) is -0.324. The molecule has 96 valence electrons. The van der Waals surface area contributed by atoms with Crippen molar-refractivity contribution in [3.8, 4) is 0 Å². The molecule has 2 rings (SSSR count). The molecule has 0 heterocycles. The first-order valence-electron chi connectivity index (χ1n) is 5.86. The fourth-order valence-corrected chi connectivity index (χ4v) is 1.88. The maximum Gasteiger partial charge on any atom is 0.280 e. The molecule has 4 heteroatoms. The van der Waals surface area contributed by atoms with Crippen LogP contribution in [0, 0.1) is 24.0 Å². The maximum absolute atomic E-state index is 12.3. The lowest BCUT2D eigenvalue weighted by Gasteiger charge is -2.06. The van der Waals surface area contributed by atoms with Gasteiger partial charge in [-0.2, -0.15) is 0 Å². The van der Waals surface area contributed by atoms with E-state index in [1.807, 2.05) is 6.92 Å². The summed E-state index contributed by atoms with van der Waals surface area (Å²) in [6.45, 7) is 3.62. The van der Waals surface area contributed by atoms with Gasteiger partial charge in [0.15, 0.2) is 5.78 Å². The summed E-state index contributed by atoms with van der Waals surface area (Å²) >= 11 is 0. The minimum atomic E-state index is -0.511. The van der Waals surface area contributed by atoms with E-state index in [2.05, 4.69) is 0 Å². The second-order valence-electron chi connectivity index (χ2n) is 4.41. The summed E-state index contributed by atoms with van der Waals surface area (Å²) in [5, 5.41) is 11.1. The van der Waals surface area contributed by atoms with E-state index in [1.54, 1.807) is 43.3 Å². The third-order valence-electron chi connectivity index (χ3n) is 3.09. The van der Waals surface area contributed by atoms with Crippen LogP contribution in [0.3, 0.4) is 0 Å². The van der Waals surface area contributed by atoms with Gasteiger partial charge in [0.25, 0.3) is 5.69 Å². The van der Waals surface area contributed by atoms with E-state index in [4.69, 9.17) is 0 Å². The summed E-state index contributed by atoms with van der Waals surface area (Å²) in [4.78, 5) is 22.9. The first-order valence-corrected chi connectivity index (χ1v) is 5.86. The number of carbonyl (C=O) groups is 1. The van der Waals surface area contributed by atoms with Gasteiger partial charge in [0.05, 0.1) is 4.92 Å². The topological polar surface area (TPSA) is 60.2 Å². The zero-order valence-electron chi connectivity index (χ0n) is 10.7. The number of aryl methyl sites for hydroxylation is 2. The molecule has 0 spiro atoms. The Kier molecular flexibility index (Phi) is 3.42. The van der Waals surface area contributed by atoms with E-state index < -0.39 is 4.92 Å². The van der Waals surface area contributed by atoms with Crippen LogP contribution in [-0.4, -0.2) is 10.7 Å². The lowest BCUT2D eigenvalue weighted by atomic mass is 9.97. The Morgan fingerprint density at radius 3 is 2.21 bits per heavy atom. The number of nitro benzene ring substituents is 1. The number of nitrogens with zero attached hydrogens (tertiary/aromatic N) is 1. The van der Waals surface area contributed by atoms with Crippen molar-refractivity contribution in [1.29, 1.82) is 0 Å². The molecule has 0 N–H and O–H groups in total. The van der Waals surface area contributed by atoms with E-state index in [0.717, 1.165) is 11.1 Å². The van der Waals surface area contributed by atoms with Gasteiger partial charge in [-0.1, -0.05) is 30.3 Å². The normalized spacial score (nSPS) is 10.2. The van der Waals surface area contributed by atoms with Crippen molar-refractivity contribution >= 4 is 11.5 Å². The number of rotatable bonds is 3. The van der Waals surface area contributed by atoms with Crippen LogP contribution >= 0.6 is 0 Å². The molecule has 0 saturated heterocycles. The molecule has 0 radical (unpaired) electrons. The molecule has 0 unspecified atom stereocenters. The highest BCUT2D eigenvalue weighted by molar-refractivity contribution is 6.11. The average Bonchev–Trinajstić information content (AvgIpc) is 2.41. The van der Waals surface area contributed by atoms with Crippen molar-refractivity contribution in [3.63, 3.8) is 0 Å². The van der Waals surface area contributed by atoms with Crippen LogP contribution in [0.1, 0.15) is 27.0 Å². The minimum absolute atomic E-state index is 0.138. The molecule has 2 aromatic carbocycles. The SMILES string of the molecule is Cc1cc(C(=O)c2ccccc2)c([N+](=O)[O-])cc1C. The Bertz CT molecular complexity index is 648. The van der Waals surface area contributed by atoms with E-state index in [-0.39, 0.29) is 17.0 Å². The fourth-order valence-electron chi connectivity index (χ4n) is 1.88. The Morgan fingerprint density at radius 2 is 1.63 bits per heavy atom. The lowest BCUT2D eigenvalue weighted by Crippen LogP contribution is -2.06. The van der Waals surface area contributed by atoms with Crippen LogP contribution in [-0.2, 0) is 0 Å². The number of hydrogen-bond acceptors (Lipinski definition) is 3. The lowest BCUT2D eigenvalue weighted by molar-refractivity contribution is -0.385. The molecule has 0 bridgehead atoms. The largest absolute Gasteiger partial charge is 0.288 e. The van der Waals surface area contributed by atoms with Gasteiger partial charge in [0.2, 0.25) is 0 Å². The monoisotopic (exact) mass is 255 g/mol. The molecule has 0 aliphatic rings. The standard InChI is InChI=1S/C15H13NO3/c1-10-8-13(14(16(18)19)9-11(10)2)15(17)12-6-4-3-5-7-12/h3-9H,1-2H3. The smallest absolute Gasteiger partial charge is 0.280 e. The quantitative estimate of drug-likeness (QED) is 0.479. The van der Waals surface area contributed by atoms with E-state index in [1.165, 1.54) is 6.07 Å². The van der Waals surface area contributed by atoms with Crippen LogP contribution in [0.25, 0.3) is 0 Å². The molecule has 0 atom stereocenters. The van der Waals surface area contributed by atoms with Gasteiger partial charge in [-0.05, 0) is 31.0 Å². The van der Waals surface area contributed by atoms with Crippen LogP contribution in [0.5, 0.6) is 0 Å². The maximum atomic E-state index is 12.3. The van der Waals surface area contributed by atoms with Gasteiger partial charge in [-0.25, -0.2) is 0 Å². The summed E-state index contributed by atoms with van der Waals surface area (Å²) in [6, 6.07) is 11.6. The van der Waals surface area contributed by atoms with Gasteiger partial charge in [0.1, 0.15) is 5.56 Å². The number of benzene rings is 2. The highest BCUT2D eigenvalue weighted by Gasteiger charge is 2.22. The van der Waals surface area contributed by atoms with E-state index in [0.29, 0.717) is 5.56 Å². The molecule has 19 heavy (non-hydrogen) atoms. The third-order valence-corrected chi connectivity index (χ3v) is 3.09. The summed E-state index contributed by atoms with van der Waals surface area (Å²) in [5.41, 5.74) is 2.12. The van der Waals surface area contributed by atoms with Crippen LogP contribution in [0.4, 0.5) is 5.69 Å². The summed E-state index contributed by atoms with van der Waals surface area (Å²) in [7, 11) is 0. The Morgan fingerprint density at radius 1 is 1.05 bits per heavy atom. The second-order valence-corrected chi connectivity index (χ2v) is 4.41. The van der Waals surface area contributed by atoms with Crippen LogP contribution < -0.4 is 0 Å². The molecule has 0 aromatic heterocycles. The van der Waals surface area contributed by atoms with Crippen molar-refractivity contribution in [1.82, 2.24) is 0 Å². The van der Waals surface area contributed by atoms with E-state index >= 15 is 0 Å². The van der Waals surface area contributed by atoms with Gasteiger partial charge in [0, 0.05) is 11.6 Å². The van der Waals surface area contributed by atoms with Crippen LogP contribution in [0.2, 0.25) is 0 Å². The summed E-state index contributed by atoms with van der Waals surface area (Å²) in [6.07, 6.45) is 0. The third kappa shape index (κ3) is 2.52. The highest BCUT2D eigenvalue weighted by Crippen LogP contribution is 2.25. The zero-order valence-corrected chi connectivity index (χ0v) is 10.7. The number of ketones is 1. The molecule has 0 fully saturated rings. The molecule has 0 aliphatic heterocycles. The fraction of sp³-hybridized carbons (Fsp3) is 0.133. The molecule has 0 aliphatic carbocycles.